The molecule has 5 rings (SSSR count). The minimum absolute atomic E-state index is 0.123. The van der Waals surface area contributed by atoms with Crippen LogP contribution in [0, 0.1) is 0 Å². The first-order chi connectivity index (χ1) is 15.3. The Morgan fingerprint density at radius 2 is 1.88 bits per heavy atom. The normalized spacial score (nSPS) is 20.6. The standard InChI is InChI=1S/C23H28N6O3/c1-23(2,3)32-22(30)29-15-6-7-16(29)12-28(11-15)21-17-9-18(27-20(17)25-13-26-21)14-5-8-19(31-4)24-10-14/h5,8-10,13,15-16H,6-7,11-12H2,1-4H3,(H,25,26,27). The minimum Gasteiger partial charge on any atom is -0.481 e. The Hall–Kier alpha value is -3.36. The predicted molar refractivity (Wildman–Crippen MR) is 121 cm³/mol. The summed E-state index contributed by atoms with van der Waals surface area (Å²) in [5, 5.41) is 0.962. The smallest absolute Gasteiger partial charge is 0.410 e. The zero-order chi connectivity index (χ0) is 22.5. The van der Waals surface area contributed by atoms with Gasteiger partial charge in [0.1, 0.15) is 23.4 Å². The number of aromatic amines is 1. The van der Waals surface area contributed by atoms with Crippen LogP contribution in [0.3, 0.4) is 0 Å². The van der Waals surface area contributed by atoms with Crippen LogP contribution in [0.15, 0.2) is 30.7 Å². The molecule has 0 aliphatic carbocycles. The van der Waals surface area contributed by atoms with Gasteiger partial charge in [0.25, 0.3) is 0 Å². The van der Waals surface area contributed by atoms with Gasteiger partial charge in [0.05, 0.1) is 24.6 Å². The van der Waals surface area contributed by atoms with Crippen molar-refractivity contribution in [3.8, 4) is 17.1 Å². The molecule has 2 fully saturated rings. The third-order valence-corrected chi connectivity index (χ3v) is 6.05. The van der Waals surface area contributed by atoms with Crippen molar-refractivity contribution in [1.29, 1.82) is 0 Å². The number of amides is 1. The molecule has 0 saturated carbocycles. The second-order valence-corrected chi connectivity index (χ2v) is 9.41. The van der Waals surface area contributed by atoms with E-state index in [-0.39, 0.29) is 18.2 Å². The van der Waals surface area contributed by atoms with Gasteiger partial charge in [-0.05, 0) is 45.7 Å². The SMILES string of the molecule is COc1ccc(-c2cc3c(N4CC5CCC(C4)N5C(=O)OC(C)(C)C)ncnc3[nH]2)cn1. The van der Waals surface area contributed by atoms with E-state index in [1.54, 1.807) is 19.6 Å². The first-order valence-electron chi connectivity index (χ1n) is 10.9. The van der Waals surface area contributed by atoms with Crippen molar-refractivity contribution >= 4 is 22.9 Å². The number of H-pyrrole nitrogens is 1. The van der Waals surface area contributed by atoms with E-state index in [4.69, 9.17) is 9.47 Å². The molecule has 2 atom stereocenters. The van der Waals surface area contributed by atoms with Crippen molar-refractivity contribution in [2.45, 2.75) is 51.3 Å². The van der Waals surface area contributed by atoms with Crippen LogP contribution in [0.2, 0.25) is 0 Å². The largest absolute Gasteiger partial charge is 0.481 e. The third-order valence-electron chi connectivity index (χ3n) is 6.05. The number of rotatable bonds is 3. The topological polar surface area (TPSA) is 96.5 Å². The van der Waals surface area contributed by atoms with Crippen LogP contribution >= 0.6 is 0 Å². The fraction of sp³-hybridized carbons (Fsp3) is 0.478. The van der Waals surface area contributed by atoms with Crippen LogP contribution < -0.4 is 9.64 Å². The molecule has 32 heavy (non-hydrogen) atoms. The lowest BCUT2D eigenvalue weighted by molar-refractivity contribution is 0.0123. The zero-order valence-corrected chi connectivity index (χ0v) is 18.8. The van der Waals surface area contributed by atoms with Crippen LogP contribution in [-0.4, -0.2) is 68.8 Å². The van der Waals surface area contributed by atoms with Gasteiger partial charge in [-0.3, -0.25) is 4.90 Å². The highest BCUT2D eigenvalue weighted by Gasteiger charge is 2.44. The monoisotopic (exact) mass is 436 g/mol. The van der Waals surface area contributed by atoms with E-state index in [1.807, 2.05) is 37.8 Å². The van der Waals surface area contributed by atoms with Gasteiger partial charge in [-0.2, -0.15) is 0 Å². The van der Waals surface area contributed by atoms with Crippen LogP contribution in [0.5, 0.6) is 5.88 Å². The number of aromatic nitrogens is 4. The number of piperazine rings is 1. The molecule has 0 aromatic carbocycles. The third kappa shape index (κ3) is 3.72. The number of hydrogen-bond acceptors (Lipinski definition) is 7. The van der Waals surface area contributed by atoms with Crippen LogP contribution in [0.4, 0.5) is 10.6 Å². The first kappa shape index (κ1) is 20.5. The number of pyridine rings is 1. The zero-order valence-electron chi connectivity index (χ0n) is 18.8. The second kappa shape index (κ2) is 7.65. The summed E-state index contributed by atoms with van der Waals surface area (Å²) in [4.78, 5) is 33.7. The fourth-order valence-electron chi connectivity index (χ4n) is 4.68. The molecule has 2 unspecified atom stereocenters. The van der Waals surface area contributed by atoms with E-state index in [2.05, 4.69) is 30.9 Å². The highest BCUT2D eigenvalue weighted by molar-refractivity contribution is 5.92. The summed E-state index contributed by atoms with van der Waals surface area (Å²) in [6, 6.07) is 6.11. The van der Waals surface area contributed by atoms with Gasteiger partial charge in [0, 0.05) is 36.6 Å². The summed E-state index contributed by atoms with van der Waals surface area (Å²) < 4.78 is 10.8. The van der Waals surface area contributed by atoms with E-state index in [0.717, 1.165) is 54.0 Å². The van der Waals surface area contributed by atoms with E-state index in [1.165, 1.54) is 0 Å². The molecular formula is C23H28N6O3. The molecule has 0 spiro atoms. The van der Waals surface area contributed by atoms with Crippen molar-refractivity contribution in [3.63, 3.8) is 0 Å². The van der Waals surface area contributed by atoms with Gasteiger partial charge in [-0.15, -0.1) is 0 Å². The number of nitrogens with zero attached hydrogens (tertiary/aromatic N) is 5. The quantitative estimate of drug-likeness (QED) is 0.670. The lowest BCUT2D eigenvalue weighted by Crippen LogP contribution is -2.57. The summed E-state index contributed by atoms with van der Waals surface area (Å²) in [6.07, 6.45) is 5.10. The summed E-state index contributed by atoms with van der Waals surface area (Å²) in [5.74, 6) is 1.46. The van der Waals surface area contributed by atoms with E-state index < -0.39 is 5.60 Å². The average molecular weight is 437 g/mol. The number of methoxy groups -OCH3 is 1. The van der Waals surface area contributed by atoms with E-state index >= 15 is 0 Å². The molecule has 168 valence electrons. The van der Waals surface area contributed by atoms with Crippen molar-refractivity contribution in [2.75, 3.05) is 25.1 Å². The summed E-state index contributed by atoms with van der Waals surface area (Å²) >= 11 is 0. The predicted octanol–water partition coefficient (Wildman–Crippen LogP) is 3.62. The van der Waals surface area contributed by atoms with Gasteiger partial charge in [-0.25, -0.2) is 19.7 Å². The van der Waals surface area contributed by atoms with Gasteiger partial charge < -0.3 is 19.4 Å². The number of fused-ring (bicyclic) bond motifs is 3. The number of anilines is 1. The number of nitrogens with one attached hydrogen (secondary N) is 1. The van der Waals surface area contributed by atoms with Gasteiger partial charge in [0.15, 0.2) is 0 Å². The average Bonchev–Trinajstić information content (AvgIpc) is 3.31. The fourth-order valence-corrected chi connectivity index (χ4v) is 4.68. The highest BCUT2D eigenvalue weighted by Crippen LogP contribution is 2.36. The van der Waals surface area contributed by atoms with Crippen molar-refractivity contribution in [3.05, 3.63) is 30.7 Å². The Bertz CT molecular complexity index is 1120. The lowest BCUT2D eigenvalue weighted by atomic mass is 10.1. The van der Waals surface area contributed by atoms with Gasteiger partial charge in [-0.1, -0.05) is 0 Å². The maximum absolute atomic E-state index is 12.8. The molecule has 0 radical (unpaired) electrons. The summed E-state index contributed by atoms with van der Waals surface area (Å²) in [6.45, 7) is 7.17. The molecule has 2 bridgehead atoms. The molecule has 2 aliphatic heterocycles. The van der Waals surface area contributed by atoms with Crippen molar-refractivity contribution in [1.82, 2.24) is 24.8 Å². The summed E-state index contributed by atoms with van der Waals surface area (Å²) in [7, 11) is 1.60. The van der Waals surface area contributed by atoms with Crippen LogP contribution in [-0.2, 0) is 4.74 Å². The summed E-state index contributed by atoms with van der Waals surface area (Å²) in [5.41, 5.74) is 2.16. The molecule has 9 heteroatoms. The van der Waals surface area contributed by atoms with Crippen LogP contribution in [0.1, 0.15) is 33.6 Å². The molecule has 9 nitrogen and oxygen atoms in total. The Kier molecular flexibility index (Phi) is 4.91. The van der Waals surface area contributed by atoms with E-state index in [9.17, 15) is 4.79 Å². The van der Waals surface area contributed by atoms with Crippen molar-refractivity contribution < 1.29 is 14.3 Å². The Labute approximate surface area is 186 Å². The molecule has 5 heterocycles. The molecule has 2 aliphatic rings. The maximum atomic E-state index is 12.8. The Morgan fingerprint density at radius 1 is 1.12 bits per heavy atom. The van der Waals surface area contributed by atoms with Gasteiger partial charge in [0.2, 0.25) is 5.88 Å². The Balaban J connectivity index is 1.41. The number of hydrogen-bond donors (Lipinski definition) is 1. The molecule has 3 aromatic rings. The number of carbonyl (C=O) groups is 1. The number of ether oxygens (including phenoxy) is 2. The molecule has 1 amide bonds. The minimum atomic E-state index is -0.496. The lowest BCUT2D eigenvalue weighted by Gasteiger charge is -2.41. The molecule has 1 N–H and O–H groups in total. The highest BCUT2D eigenvalue weighted by atomic mass is 16.6. The Morgan fingerprint density at radius 3 is 2.50 bits per heavy atom. The molecular weight excluding hydrogens is 408 g/mol. The van der Waals surface area contributed by atoms with E-state index in [0.29, 0.717) is 5.88 Å². The van der Waals surface area contributed by atoms with Crippen molar-refractivity contribution in [2.24, 2.45) is 0 Å². The first-order valence-corrected chi connectivity index (χ1v) is 10.9. The van der Waals surface area contributed by atoms with Crippen LogP contribution in [0.25, 0.3) is 22.3 Å². The molecule has 3 aromatic heterocycles. The maximum Gasteiger partial charge on any atom is 0.410 e. The number of carbonyl (C=O) groups excluding carboxylic acids is 1. The second-order valence-electron chi connectivity index (χ2n) is 9.41. The molecule has 2 saturated heterocycles. The van der Waals surface area contributed by atoms with Gasteiger partial charge >= 0.3 is 6.09 Å².